The molecule has 3 aromatic rings. The van der Waals surface area contributed by atoms with Crippen molar-refractivity contribution in [3.8, 4) is 17.0 Å². The first kappa shape index (κ1) is 29.0. The lowest BCUT2D eigenvalue weighted by atomic mass is 9.88. The van der Waals surface area contributed by atoms with E-state index in [-0.39, 0.29) is 40.7 Å². The van der Waals surface area contributed by atoms with Crippen LogP contribution in [-0.4, -0.2) is 68.4 Å². The van der Waals surface area contributed by atoms with E-state index in [9.17, 15) is 12.8 Å². The third-order valence-corrected chi connectivity index (χ3v) is 8.96. The summed E-state index contributed by atoms with van der Waals surface area (Å²) in [5.41, 5.74) is 2.71. The van der Waals surface area contributed by atoms with Crippen LogP contribution in [0.4, 0.5) is 31.8 Å². The fourth-order valence-electron chi connectivity index (χ4n) is 5.37. The third kappa shape index (κ3) is 6.38. The lowest BCUT2D eigenvalue weighted by Gasteiger charge is -2.34. The molecule has 41 heavy (non-hydrogen) atoms. The topological polar surface area (TPSA) is 99.7 Å². The Labute approximate surface area is 240 Å². The van der Waals surface area contributed by atoms with E-state index in [0.29, 0.717) is 30.2 Å². The van der Waals surface area contributed by atoms with Gasteiger partial charge in [-0.3, -0.25) is 4.72 Å². The maximum atomic E-state index is 15.1. The summed E-state index contributed by atoms with van der Waals surface area (Å²) in [7, 11) is -1.45. The van der Waals surface area contributed by atoms with Crippen LogP contribution in [0.1, 0.15) is 45.1 Å². The number of likely N-dealkylation sites (tertiary alicyclic amines) is 1. The predicted octanol–water partition coefficient (Wildman–Crippen LogP) is 5.34. The van der Waals surface area contributed by atoms with Gasteiger partial charge in [-0.15, -0.1) is 0 Å². The van der Waals surface area contributed by atoms with Gasteiger partial charge in [-0.25, -0.2) is 27.2 Å². The molecule has 220 valence electrons. The number of ether oxygens (including phenoxy) is 1. The number of aromatic nitrogens is 2. The Bertz CT molecular complexity index is 1530. The number of piperidine rings is 1. The molecule has 0 bridgehead atoms. The van der Waals surface area contributed by atoms with Crippen LogP contribution in [0.2, 0.25) is 0 Å². The summed E-state index contributed by atoms with van der Waals surface area (Å²) in [6.45, 7) is 8.40. The molecular weight excluding hydrogens is 550 g/mol. The largest absolute Gasteiger partial charge is 0.486 e. The molecule has 12 heteroatoms. The van der Waals surface area contributed by atoms with E-state index in [2.05, 4.69) is 32.0 Å². The van der Waals surface area contributed by atoms with Crippen LogP contribution in [0.15, 0.2) is 36.5 Å². The zero-order valence-corrected chi connectivity index (χ0v) is 24.6. The van der Waals surface area contributed by atoms with Crippen LogP contribution in [0.3, 0.4) is 0 Å². The molecule has 1 fully saturated rings. The minimum absolute atomic E-state index is 0.0570. The van der Waals surface area contributed by atoms with Crippen molar-refractivity contribution in [2.45, 2.75) is 45.6 Å². The van der Waals surface area contributed by atoms with Crippen molar-refractivity contribution in [3.63, 3.8) is 0 Å². The molecule has 3 heterocycles. The molecule has 2 N–H and O–H groups in total. The van der Waals surface area contributed by atoms with Gasteiger partial charge in [0.15, 0.2) is 17.4 Å². The monoisotopic (exact) mass is 586 g/mol. The van der Waals surface area contributed by atoms with Gasteiger partial charge in [0.2, 0.25) is 16.0 Å². The van der Waals surface area contributed by atoms with E-state index in [1.165, 1.54) is 6.07 Å². The van der Waals surface area contributed by atoms with E-state index in [1.54, 1.807) is 19.1 Å². The summed E-state index contributed by atoms with van der Waals surface area (Å²) in [4.78, 5) is 12.7. The van der Waals surface area contributed by atoms with Gasteiger partial charge in [-0.2, -0.15) is 0 Å². The minimum atomic E-state index is -3.52. The molecule has 0 radical (unpaired) electrons. The number of anilines is 4. The van der Waals surface area contributed by atoms with Crippen molar-refractivity contribution < 1.29 is 21.9 Å². The number of fused-ring (bicyclic) bond motifs is 1. The van der Waals surface area contributed by atoms with Crippen LogP contribution >= 0.6 is 0 Å². The molecule has 0 unspecified atom stereocenters. The standard InChI is InChI=1S/C29H36F2N6O3S/c1-5-41(38,39)35-25-16-21(6-7-22(25)19-8-10-36(4)11-9-19)33-29-32-17-24(31)27(34-29)20-14-23(30)28-26(15-20)37(18(2)3)12-13-40-28/h6-7,14-19,35H,5,8-13H2,1-4H3,(H,32,33,34). The molecule has 0 spiro atoms. The van der Waals surface area contributed by atoms with E-state index < -0.39 is 21.7 Å². The van der Waals surface area contributed by atoms with Gasteiger partial charge in [0.05, 0.1) is 29.9 Å². The molecule has 2 aliphatic rings. The molecule has 2 aliphatic heterocycles. The van der Waals surface area contributed by atoms with Crippen molar-refractivity contribution in [1.29, 1.82) is 0 Å². The first-order valence-corrected chi connectivity index (χ1v) is 15.6. The predicted molar refractivity (Wildman–Crippen MR) is 158 cm³/mol. The number of hydrogen-bond donors (Lipinski definition) is 2. The lowest BCUT2D eigenvalue weighted by Crippen LogP contribution is -2.38. The van der Waals surface area contributed by atoms with Gasteiger partial charge in [0.1, 0.15) is 12.3 Å². The normalized spacial score (nSPS) is 16.4. The molecule has 5 rings (SSSR count). The maximum Gasteiger partial charge on any atom is 0.232 e. The molecule has 2 aromatic carbocycles. The van der Waals surface area contributed by atoms with E-state index in [4.69, 9.17) is 4.74 Å². The smallest absolute Gasteiger partial charge is 0.232 e. The van der Waals surface area contributed by atoms with Gasteiger partial charge < -0.3 is 19.9 Å². The van der Waals surface area contributed by atoms with Crippen LogP contribution < -0.4 is 19.7 Å². The molecule has 0 saturated carbocycles. The Morgan fingerprint density at radius 3 is 2.56 bits per heavy atom. The number of halogens is 2. The average Bonchev–Trinajstić information content (AvgIpc) is 2.94. The second-order valence-electron chi connectivity index (χ2n) is 10.8. The van der Waals surface area contributed by atoms with Crippen molar-refractivity contribution in [1.82, 2.24) is 14.9 Å². The van der Waals surface area contributed by atoms with Gasteiger partial charge in [0, 0.05) is 17.3 Å². The van der Waals surface area contributed by atoms with Gasteiger partial charge in [-0.05, 0) is 89.5 Å². The summed E-state index contributed by atoms with van der Waals surface area (Å²) in [5, 5.41) is 3.07. The Morgan fingerprint density at radius 1 is 1.10 bits per heavy atom. The van der Waals surface area contributed by atoms with Crippen LogP contribution in [-0.2, 0) is 10.0 Å². The molecule has 9 nitrogen and oxygen atoms in total. The molecular formula is C29H36F2N6O3S. The highest BCUT2D eigenvalue weighted by molar-refractivity contribution is 7.92. The molecule has 0 atom stereocenters. The van der Waals surface area contributed by atoms with Gasteiger partial charge >= 0.3 is 0 Å². The first-order valence-electron chi connectivity index (χ1n) is 13.9. The van der Waals surface area contributed by atoms with Crippen molar-refractivity contribution in [3.05, 3.63) is 53.7 Å². The zero-order chi connectivity index (χ0) is 29.3. The zero-order valence-electron chi connectivity index (χ0n) is 23.7. The Balaban J connectivity index is 1.47. The number of benzene rings is 2. The highest BCUT2D eigenvalue weighted by atomic mass is 32.2. The second kappa shape index (κ2) is 11.8. The number of sulfonamides is 1. The number of rotatable bonds is 8. The van der Waals surface area contributed by atoms with Crippen LogP contribution in [0.25, 0.3) is 11.3 Å². The Morgan fingerprint density at radius 2 is 1.85 bits per heavy atom. The van der Waals surface area contributed by atoms with E-state index in [0.717, 1.165) is 37.7 Å². The quantitative estimate of drug-likeness (QED) is 0.365. The van der Waals surface area contributed by atoms with E-state index in [1.807, 2.05) is 30.9 Å². The summed E-state index contributed by atoms with van der Waals surface area (Å²) in [6.07, 6.45) is 2.88. The summed E-state index contributed by atoms with van der Waals surface area (Å²) in [6, 6.07) is 8.45. The van der Waals surface area contributed by atoms with Crippen LogP contribution in [0.5, 0.6) is 5.75 Å². The summed E-state index contributed by atoms with van der Waals surface area (Å²) in [5.74, 6) is -0.888. The Kier molecular flexibility index (Phi) is 8.32. The van der Waals surface area contributed by atoms with E-state index >= 15 is 4.39 Å². The second-order valence-corrected chi connectivity index (χ2v) is 12.9. The molecule has 1 saturated heterocycles. The maximum absolute atomic E-state index is 15.1. The van der Waals surface area contributed by atoms with Gasteiger partial charge in [0.25, 0.3) is 0 Å². The number of nitrogens with zero attached hydrogens (tertiary/aromatic N) is 4. The van der Waals surface area contributed by atoms with Crippen molar-refractivity contribution >= 4 is 33.0 Å². The average molecular weight is 587 g/mol. The van der Waals surface area contributed by atoms with Crippen LogP contribution in [0, 0.1) is 11.6 Å². The lowest BCUT2D eigenvalue weighted by molar-refractivity contribution is 0.255. The fraction of sp³-hybridized carbons (Fsp3) is 0.448. The van der Waals surface area contributed by atoms with Crippen molar-refractivity contribution in [2.24, 2.45) is 0 Å². The third-order valence-electron chi connectivity index (χ3n) is 7.67. The SMILES string of the molecule is CCS(=O)(=O)Nc1cc(Nc2ncc(F)c(-c3cc(F)c4c(c3)N(C(C)C)CCO4)n2)ccc1C1CCN(C)CC1. The highest BCUT2D eigenvalue weighted by Crippen LogP contribution is 2.40. The summed E-state index contributed by atoms with van der Waals surface area (Å²) >= 11 is 0. The highest BCUT2D eigenvalue weighted by Gasteiger charge is 2.26. The molecule has 0 aliphatic carbocycles. The minimum Gasteiger partial charge on any atom is -0.486 e. The molecule has 1 aromatic heterocycles. The fourth-order valence-corrected chi connectivity index (χ4v) is 6.03. The van der Waals surface area contributed by atoms with Gasteiger partial charge in [-0.1, -0.05) is 6.07 Å². The summed E-state index contributed by atoms with van der Waals surface area (Å²) < 4.78 is 63.4. The number of hydrogen-bond acceptors (Lipinski definition) is 8. The number of nitrogens with one attached hydrogen (secondary N) is 2. The van der Waals surface area contributed by atoms with Crippen molar-refractivity contribution in [2.75, 3.05) is 54.0 Å². The first-order chi connectivity index (χ1) is 19.5. The molecule has 0 amide bonds. The Hall–Kier alpha value is -3.51.